The molecule has 1 aromatic heterocycles. The molecule has 0 atom stereocenters. The third-order valence-corrected chi connectivity index (χ3v) is 6.51. The number of anilines is 2. The average molecular weight is 406 g/mol. The van der Waals surface area contributed by atoms with Gasteiger partial charge in [0, 0.05) is 56.3 Å². The van der Waals surface area contributed by atoms with Gasteiger partial charge in [-0.1, -0.05) is 30.7 Å². The van der Waals surface area contributed by atoms with Crippen molar-refractivity contribution in [1.29, 1.82) is 0 Å². The van der Waals surface area contributed by atoms with Crippen molar-refractivity contribution in [2.45, 2.75) is 26.4 Å². The van der Waals surface area contributed by atoms with Crippen LogP contribution in [0.15, 0.2) is 24.3 Å². The van der Waals surface area contributed by atoms with E-state index >= 15 is 0 Å². The normalized spacial score (nSPS) is 18.0. The van der Waals surface area contributed by atoms with Crippen LogP contribution in [-0.2, 0) is 20.1 Å². The van der Waals surface area contributed by atoms with Gasteiger partial charge in [-0.05, 0) is 24.1 Å². The minimum atomic E-state index is 0.795. The summed E-state index contributed by atoms with van der Waals surface area (Å²) in [6.45, 7) is 8.25. The number of fused-ring (bicyclic) bond motifs is 1. The summed E-state index contributed by atoms with van der Waals surface area (Å²) in [6.07, 6.45) is 1.13. The van der Waals surface area contributed by atoms with Crippen LogP contribution < -0.4 is 9.80 Å². The van der Waals surface area contributed by atoms with Gasteiger partial charge in [0.05, 0.1) is 12.4 Å². The smallest absolute Gasteiger partial charge is 0.207 e. The van der Waals surface area contributed by atoms with E-state index in [4.69, 9.17) is 16.6 Å². The van der Waals surface area contributed by atoms with Crippen LogP contribution in [0.1, 0.15) is 24.6 Å². The Kier molecular flexibility index (Phi) is 5.85. The molecule has 0 unspecified atom stereocenters. The lowest BCUT2D eigenvalue weighted by atomic mass is 10.2. The van der Waals surface area contributed by atoms with Crippen LogP contribution in [0, 0.1) is 0 Å². The molecular formula is C20H28ClN5S. The van der Waals surface area contributed by atoms with Crippen LogP contribution in [0.2, 0.25) is 5.02 Å². The molecule has 0 amide bonds. The summed E-state index contributed by atoms with van der Waals surface area (Å²) >= 11 is 8.08. The Bertz CT molecular complexity index is 769. The maximum absolute atomic E-state index is 6.04. The van der Waals surface area contributed by atoms with Crippen LogP contribution in [-0.4, -0.2) is 52.3 Å². The van der Waals surface area contributed by atoms with Gasteiger partial charge in [0.25, 0.3) is 0 Å². The van der Waals surface area contributed by atoms with Gasteiger partial charge in [-0.25, -0.2) is 0 Å². The number of thioether (sulfide) groups is 1. The summed E-state index contributed by atoms with van der Waals surface area (Å²) in [7, 11) is 2.18. The maximum Gasteiger partial charge on any atom is 0.207 e. The van der Waals surface area contributed by atoms with Crippen molar-refractivity contribution in [3.8, 4) is 0 Å². The van der Waals surface area contributed by atoms with E-state index in [1.807, 2.05) is 23.9 Å². The van der Waals surface area contributed by atoms with Crippen molar-refractivity contribution < 1.29 is 0 Å². The van der Waals surface area contributed by atoms with E-state index in [9.17, 15) is 0 Å². The number of imidazole rings is 1. The SMILES string of the molecule is CCCN1CN(Cc2ccc(Cl)cc2)Cc2c1nc(N1CCSCC1)n2C. The highest BCUT2D eigenvalue weighted by molar-refractivity contribution is 7.99. The number of nitrogens with zero attached hydrogens (tertiary/aromatic N) is 5. The molecule has 0 N–H and O–H groups in total. The zero-order valence-electron chi connectivity index (χ0n) is 16.2. The van der Waals surface area contributed by atoms with E-state index in [1.165, 1.54) is 28.6 Å². The fraction of sp³-hybridized carbons (Fsp3) is 0.550. The number of rotatable bonds is 5. The molecule has 27 heavy (non-hydrogen) atoms. The van der Waals surface area contributed by atoms with Crippen LogP contribution in [0.5, 0.6) is 0 Å². The molecule has 0 bridgehead atoms. The number of aromatic nitrogens is 2. The van der Waals surface area contributed by atoms with E-state index < -0.39 is 0 Å². The van der Waals surface area contributed by atoms with Gasteiger partial charge in [0.2, 0.25) is 5.95 Å². The first kappa shape index (κ1) is 19.0. The van der Waals surface area contributed by atoms with Crippen molar-refractivity contribution in [2.75, 3.05) is 47.6 Å². The van der Waals surface area contributed by atoms with Crippen molar-refractivity contribution in [3.63, 3.8) is 0 Å². The van der Waals surface area contributed by atoms with Crippen molar-refractivity contribution in [1.82, 2.24) is 14.5 Å². The average Bonchev–Trinajstić information content (AvgIpc) is 3.02. The van der Waals surface area contributed by atoms with Gasteiger partial charge >= 0.3 is 0 Å². The van der Waals surface area contributed by atoms with Gasteiger partial charge in [0.15, 0.2) is 5.82 Å². The number of benzene rings is 1. The molecule has 3 heterocycles. The number of halogens is 1. The number of hydrogen-bond acceptors (Lipinski definition) is 5. The van der Waals surface area contributed by atoms with Crippen LogP contribution in [0.3, 0.4) is 0 Å². The summed E-state index contributed by atoms with van der Waals surface area (Å²) in [6, 6.07) is 8.21. The first-order valence-corrected chi connectivity index (χ1v) is 11.3. The molecule has 1 fully saturated rings. The topological polar surface area (TPSA) is 27.5 Å². The zero-order chi connectivity index (χ0) is 18.8. The standard InChI is InChI=1S/C20H28ClN5S/c1-3-8-26-15-24(13-16-4-6-17(21)7-5-16)14-18-19(26)22-20(23(18)2)25-9-11-27-12-10-25/h4-7H,3,8-15H2,1-2H3. The lowest BCUT2D eigenvalue weighted by molar-refractivity contribution is 0.236. The third-order valence-electron chi connectivity index (χ3n) is 5.32. The quantitative estimate of drug-likeness (QED) is 0.753. The van der Waals surface area contributed by atoms with Gasteiger partial charge in [-0.15, -0.1) is 0 Å². The predicted molar refractivity (Wildman–Crippen MR) is 116 cm³/mol. The Hall–Kier alpha value is -1.37. The monoisotopic (exact) mass is 405 g/mol. The van der Waals surface area contributed by atoms with Gasteiger partial charge in [-0.3, -0.25) is 4.90 Å². The number of hydrogen-bond donors (Lipinski definition) is 0. The van der Waals surface area contributed by atoms with Crippen molar-refractivity contribution in [3.05, 3.63) is 40.5 Å². The summed E-state index contributed by atoms with van der Waals surface area (Å²) in [5.41, 5.74) is 2.63. The molecule has 146 valence electrons. The van der Waals surface area contributed by atoms with E-state index in [1.54, 1.807) is 0 Å². The van der Waals surface area contributed by atoms with Crippen molar-refractivity contribution >= 4 is 35.1 Å². The molecule has 4 rings (SSSR count). The Morgan fingerprint density at radius 3 is 2.59 bits per heavy atom. The summed E-state index contributed by atoms with van der Waals surface area (Å²) < 4.78 is 2.32. The van der Waals surface area contributed by atoms with Crippen LogP contribution >= 0.6 is 23.4 Å². The highest BCUT2D eigenvalue weighted by atomic mass is 35.5. The highest BCUT2D eigenvalue weighted by Gasteiger charge is 2.29. The van der Waals surface area contributed by atoms with E-state index in [0.29, 0.717) is 0 Å². The Labute approximate surface area is 171 Å². The fourth-order valence-electron chi connectivity index (χ4n) is 3.95. The van der Waals surface area contributed by atoms with Crippen molar-refractivity contribution in [2.24, 2.45) is 7.05 Å². The summed E-state index contributed by atoms with van der Waals surface area (Å²) in [5, 5.41) is 0.795. The summed E-state index contributed by atoms with van der Waals surface area (Å²) in [5.74, 6) is 4.70. The molecule has 2 aromatic rings. The molecule has 5 nitrogen and oxygen atoms in total. The Morgan fingerprint density at radius 1 is 1.15 bits per heavy atom. The molecule has 1 aromatic carbocycles. The van der Waals surface area contributed by atoms with Gasteiger partial charge < -0.3 is 14.4 Å². The second-order valence-corrected chi connectivity index (χ2v) is 9.02. The van der Waals surface area contributed by atoms with E-state index in [-0.39, 0.29) is 0 Å². The van der Waals surface area contributed by atoms with E-state index in [0.717, 1.165) is 56.8 Å². The predicted octanol–water partition coefficient (Wildman–Crippen LogP) is 3.82. The molecule has 0 radical (unpaired) electrons. The van der Waals surface area contributed by atoms with E-state index in [2.05, 4.69) is 45.4 Å². The second-order valence-electron chi connectivity index (χ2n) is 7.36. The third kappa shape index (κ3) is 4.08. The first-order valence-electron chi connectivity index (χ1n) is 9.75. The summed E-state index contributed by atoms with van der Waals surface area (Å²) in [4.78, 5) is 12.5. The lowest BCUT2D eigenvalue weighted by Gasteiger charge is -2.36. The molecule has 7 heteroatoms. The second kappa shape index (κ2) is 8.33. The van der Waals surface area contributed by atoms with Gasteiger partial charge in [0.1, 0.15) is 0 Å². The molecule has 0 aliphatic carbocycles. The molecule has 2 aliphatic rings. The Morgan fingerprint density at radius 2 is 1.89 bits per heavy atom. The lowest BCUT2D eigenvalue weighted by Crippen LogP contribution is -2.42. The molecule has 2 aliphatic heterocycles. The zero-order valence-corrected chi connectivity index (χ0v) is 17.8. The molecule has 0 spiro atoms. The largest absolute Gasteiger partial charge is 0.342 e. The fourth-order valence-corrected chi connectivity index (χ4v) is 4.98. The maximum atomic E-state index is 6.04. The Balaban J connectivity index is 1.59. The van der Waals surface area contributed by atoms with Crippen LogP contribution in [0.25, 0.3) is 0 Å². The molecule has 0 saturated carbocycles. The van der Waals surface area contributed by atoms with Crippen LogP contribution in [0.4, 0.5) is 11.8 Å². The minimum absolute atomic E-state index is 0.795. The first-order chi connectivity index (χ1) is 13.2. The minimum Gasteiger partial charge on any atom is -0.342 e. The highest BCUT2D eigenvalue weighted by Crippen LogP contribution is 2.32. The molecular weight excluding hydrogens is 378 g/mol. The molecule has 1 saturated heterocycles. The van der Waals surface area contributed by atoms with Gasteiger partial charge in [-0.2, -0.15) is 16.7 Å².